The van der Waals surface area contributed by atoms with Gasteiger partial charge in [0, 0.05) is 12.1 Å². The van der Waals surface area contributed by atoms with Crippen LogP contribution in [0.2, 0.25) is 5.02 Å². The van der Waals surface area contributed by atoms with Crippen molar-refractivity contribution in [2.75, 3.05) is 13.1 Å². The van der Waals surface area contributed by atoms with Crippen LogP contribution in [-0.4, -0.2) is 50.8 Å². The lowest BCUT2D eigenvalue weighted by Gasteiger charge is -2.28. The molecule has 2 aliphatic heterocycles. The number of halogens is 2. The molecule has 0 spiro atoms. The monoisotopic (exact) mass is 443 g/mol. The number of fused-ring (bicyclic) bond motifs is 3. The summed E-state index contributed by atoms with van der Waals surface area (Å²) in [6.07, 6.45) is -1.11. The van der Waals surface area contributed by atoms with Crippen molar-refractivity contribution in [3.8, 4) is 5.75 Å². The number of amides is 1. The Bertz CT molecular complexity index is 1180. The van der Waals surface area contributed by atoms with Crippen molar-refractivity contribution in [3.63, 3.8) is 0 Å². The summed E-state index contributed by atoms with van der Waals surface area (Å²) in [5, 5.41) is 8.24. The first-order valence-corrected chi connectivity index (χ1v) is 10.7. The number of nitrogens with zero attached hydrogens (tertiary/aromatic N) is 4. The van der Waals surface area contributed by atoms with E-state index in [9.17, 15) is 9.18 Å². The molecule has 1 aromatic carbocycles. The Labute approximate surface area is 184 Å². The third-order valence-electron chi connectivity index (χ3n) is 5.99. The smallest absolute Gasteiger partial charge is 0.258 e. The van der Waals surface area contributed by atoms with Crippen LogP contribution < -0.4 is 10.1 Å². The van der Waals surface area contributed by atoms with Crippen LogP contribution in [0, 0.1) is 13.8 Å². The van der Waals surface area contributed by atoms with E-state index in [1.165, 1.54) is 0 Å². The molecule has 1 N–H and O–H groups in total. The first-order chi connectivity index (χ1) is 14.9. The van der Waals surface area contributed by atoms with Gasteiger partial charge in [-0.2, -0.15) is 5.10 Å². The quantitative estimate of drug-likeness (QED) is 0.673. The van der Waals surface area contributed by atoms with Gasteiger partial charge in [-0.1, -0.05) is 23.7 Å². The first-order valence-electron chi connectivity index (χ1n) is 10.4. The number of carbonyl (C=O) groups is 1. The Morgan fingerprint density at radius 3 is 2.90 bits per heavy atom. The molecule has 2 aromatic heterocycles. The van der Waals surface area contributed by atoms with Crippen LogP contribution in [0.5, 0.6) is 5.75 Å². The highest BCUT2D eigenvalue weighted by Crippen LogP contribution is 2.31. The number of piperidine rings is 1. The van der Waals surface area contributed by atoms with Crippen LogP contribution >= 0.6 is 11.6 Å². The number of ether oxygens (including phenoxy) is 1. The standard InChI is InChI=1S/C22H23ClFN5O2/c1-12-20(23)13(2)29-21(26-12)15-10-28(11-17(15)27-29)22(30)14-5-3-4-6-18(14)31-19-7-8-25-9-16(19)24/h3-6,16,19,25H,7-11H2,1-2H3/t16-,19-/m0/s1. The number of nitrogens with one attached hydrogen (secondary N) is 1. The summed E-state index contributed by atoms with van der Waals surface area (Å²) in [7, 11) is 0. The maximum absolute atomic E-state index is 14.2. The fourth-order valence-corrected chi connectivity index (χ4v) is 4.39. The zero-order valence-corrected chi connectivity index (χ0v) is 18.1. The lowest BCUT2D eigenvalue weighted by molar-refractivity contribution is 0.0659. The highest BCUT2D eigenvalue weighted by molar-refractivity contribution is 6.31. The van der Waals surface area contributed by atoms with Gasteiger partial charge in [0.15, 0.2) is 5.65 Å². The zero-order valence-electron chi connectivity index (χ0n) is 17.4. The number of aryl methyl sites for hydroxylation is 2. The third kappa shape index (κ3) is 3.43. The molecule has 5 rings (SSSR count). The molecule has 0 aliphatic carbocycles. The van der Waals surface area contributed by atoms with E-state index in [1.54, 1.807) is 33.7 Å². The number of alkyl halides is 1. The molecule has 162 valence electrons. The van der Waals surface area contributed by atoms with Crippen molar-refractivity contribution in [2.45, 2.75) is 45.6 Å². The second-order valence-corrected chi connectivity index (χ2v) is 8.46. The molecular weight excluding hydrogens is 421 g/mol. The lowest BCUT2D eigenvalue weighted by atomic mass is 10.1. The van der Waals surface area contributed by atoms with Crippen LogP contribution in [0.25, 0.3) is 5.65 Å². The van der Waals surface area contributed by atoms with Crippen molar-refractivity contribution in [2.24, 2.45) is 0 Å². The molecule has 31 heavy (non-hydrogen) atoms. The van der Waals surface area contributed by atoms with E-state index < -0.39 is 12.3 Å². The topological polar surface area (TPSA) is 71.8 Å². The Morgan fingerprint density at radius 1 is 1.29 bits per heavy atom. The third-order valence-corrected chi connectivity index (χ3v) is 6.53. The maximum atomic E-state index is 14.2. The van der Waals surface area contributed by atoms with Crippen molar-refractivity contribution in [1.29, 1.82) is 0 Å². The molecule has 7 nitrogen and oxygen atoms in total. The van der Waals surface area contributed by atoms with Gasteiger partial charge in [0.1, 0.15) is 18.0 Å². The summed E-state index contributed by atoms with van der Waals surface area (Å²) in [6.45, 7) is 5.50. The van der Waals surface area contributed by atoms with Gasteiger partial charge in [-0.05, 0) is 38.9 Å². The summed E-state index contributed by atoms with van der Waals surface area (Å²) in [5.74, 6) is 0.246. The molecule has 2 aliphatic rings. The SMILES string of the molecule is Cc1nc2c3c(nn2c(C)c1Cl)CN(C(=O)c1ccccc1O[C@H]1CCNC[C@@H]1F)C3. The summed E-state index contributed by atoms with van der Waals surface area (Å²) < 4.78 is 21.9. The molecule has 1 amide bonds. The molecule has 9 heteroatoms. The van der Waals surface area contributed by atoms with Gasteiger partial charge in [0.2, 0.25) is 0 Å². The minimum absolute atomic E-state index is 0.168. The highest BCUT2D eigenvalue weighted by atomic mass is 35.5. The molecule has 0 bridgehead atoms. The van der Waals surface area contributed by atoms with Gasteiger partial charge in [0.25, 0.3) is 5.91 Å². The fraction of sp³-hybridized carbons (Fsp3) is 0.409. The summed E-state index contributed by atoms with van der Waals surface area (Å²) in [6, 6.07) is 7.04. The fourth-order valence-electron chi connectivity index (χ4n) is 4.27. The number of carbonyl (C=O) groups excluding carboxylic acids is 1. The van der Waals surface area contributed by atoms with Crippen molar-refractivity contribution < 1.29 is 13.9 Å². The summed E-state index contributed by atoms with van der Waals surface area (Å²) in [5.41, 5.74) is 4.46. The Hall–Kier alpha value is -2.71. The number of hydrogen-bond donors (Lipinski definition) is 1. The molecule has 0 radical (unpaired) electrons. The van der Waals surface area contributed by atoms with Crippen molar-refractivity contribution >= 4 is 23.2 Å². The number of rotatable bonds is 3. The average molecular weight is 444 g/mol. The van der Waals surface area contributed by atoms with Crippen molar-refractivity contribution in [1.82, 2.24) is 24.8 Å². The van der Waals surface area contributed by atoms with Crippen LogP contribution in [0.3, 0.4) is 0 Å². The van der Waals surface area contributed by atoms with E-state index in [-0.39, 0.29) is 12.5 Å². The van der Waals surface area contributed by atoms with Gasteiger partial charge in [-0.3, -0.25) is 4.79 Å². The number of aromatic nitrogens is 3. The van der Waals surface area contributed by atoms with E-state index in [0.717, 1.165) is 28.3 Å². The van der Waals surface area contributed by atoms with Gasteiger partial charge in [-0.25, -0.2) is 13.9 Å². The second kappa shape index (κ2) is 7.76. The van der Waals surface area contributed by atoms with E-state index >= 15 is 0 Å². The molecule has 0 unspecified atom stereocenters. The molecular formula is C22H23ClFN5O2. The van der Waals surface area contributed by atoms with Gasteiger partial charge in [-0.15, -0.1) is 0 Å². The van der Waals surface area contributed by atoms with E-state index in [2.05, 4.69) is 15.4 Å². The normalized spacial score (nSPS) is 20.8. The number of benzene rings is 1. The molecule has 1 fully saturated rings. The lowest BCUT2D eigenvalue weighted by Crippen LogP contribution is -2.44. The minimum atomic E-state index is -1.11. The Morgan fingerprint density at radius 2 is 2.10 bits per heavy atom. The van der Waals surface area contributed by atoms with Crippen LogP contribution in [0.4, 0.5) is 4.39 Å². The van der Waals surface area contributed by atoms with Gasteiger partial charge >= 0.3 is 0 Å². The second-order valence-electron chi connectivity index (χ2n) is 8.08. The summed E-state index contributed by atoms with van der Waals surface area (Å²) in [4.78, 5) is 19.7. The average Bonchev–Trinajstić information content (AvgIpc) is 3.33. The Kier molecular flexibility index (Phi) is 5.06. The maximum Gasteiger partial charge on any atom is 0.258 e. The van der Waals surface area contributed by atoms with Crippen LogP contribution in [0.15, 0.2) is 24.3 Å². The van der Waals surface area contributed by atoms with Crippen LogP contribution in [-0.2, 0) is 13.1 Å². The van der Waals surface area contributed by atoms with E-state index in [0.29, 0.717) is 42.4 Å². The molecule has 0 saturated carbocycles. The van der Waals surface area contributed by atoms with Crippen molar-refractivity contribution in [3.05, 3.63) is 57.5 Å². The van der Waals surface area contributed by atoms with Gasteiger partial charge in [0.05, 0.1) is 40.8 Å². The predicted molar refractivity (Wildman–Crippen MR) is 114 cm³/mol. The van der Waals surface area contributed by atoms with Gasteiger partial charge < -0.3 is 15.0 Å². The summed E-state index contributed by atoms with van der Waals surface area (Å²) >= 11 is 6.31. The highest BCUT2D eigenvalue weighted by Gasteiger charge is 2.33. The first kappa shape index (κ1) is 20.2. The van der Waals surface area contributed by atoms with E-state index in [4.69, 9.17) is 16.3 Å². The van der Waals surface area contributed by atoms with E-state index in [1.807, 2.05) is 13.8 Å². The molecule has 2 atom stereocenters. The predicted octanol–water partition coefficient (Wildman–Crippen LogP) is 3.23. The minimum Gasteiger partial charge on any atom is -0.486 e. The number of hydrogen-bond acceptors (Lipinski definition) is 5. The molecule has 4 heterocycles. The molecule has 3 aromatic rings. The largest absolute Gasteiger partial charge is 0.486 e. The Balaban J connectivity index is 1.41. The number of para-hydroxylation sites is 1. The molecule has 1 saturated heterocycles. The zero-order chi connectivity index (χ0) is 21.7. The van der Waals surface area contributed by atoms with Crippen LogP contribution in [0.1, 0.15) is 39.4 Å².